The molecular weight excluding hydrogens is 192 g/mol. The van der Waals surface area contributed by atoms with Crippen LogP contribution in [-0.4, -0.2) is 34.9 Å². The van der Waals surface area contributed by atoms with Crippen LogP contribution < -0.4 is 11.5 Å². The molecule has 2 aliphatic rings. The Balaban J connectivity index is 0.000000120. The van der Waals surface area contributed by atoms with Crippen LogP contribution in [0.25, 0.3) is 0 Å². The molecule has 0 unspecified atom stereocenters. The molecule has 0 aromatic rings. The maximum atomic E-state index is 5.25. The summed E-state index contributed by atoms with van der Waals surface area (Å²) < 4.78 is 0. The fourth-order valence-electron chi connectivity index (χ4n) is 0.703. The molecule has 0 bridgehead atoms. The first-order valence-corrected chi connectivity index (χ1v) is 5.61. The summed E-state index contributed by atoms with van der Waals surface area (Å²) in [5.74, 6) is 2.15. The number of rotatable bonds is 0. The van der Waals surface area contributed by atoms with Crippen molar-refractivity contribution in [3.63, 3.8) is 0 Å². The van der Waals surface area contributed by atoms with Gasteiger partial charge in [-0.15, -0.1) is 0 Å². The highest BCUT2D eigenvalue weighted by molar-refractivity contribution is 8.14. The maximum Gasteiger partial charge on any atom is 0.153 e. The van der Waals surface area contributed by atoms with Crippen molar-refractivity contribution in [2.75, 3.05) is 24.6 Å². The lowest BCUT2D eigenvalue weighted by Crippen LogP contribution is -2.00. The first kappa shape index (κ1) is 9.73. The number of amidine groups is 2. The fourth-order valence-corrected chi connectivity index (χ4v) is 1.85. The van der Waals surface area contributed by atoms with Gasteiger partial charge in [-0.1, -0.05) is 23.5 Å². The molecule has 4 nitrogen and oxygen atoms in total. The second kappa shape index (κ2) is 5.31. The van der Waals surface area contributed by atoms with Crippen LogP contribution >= 0.6 is 23.5 Å². The number of thioether (sulfide) groups is 2. The molecule has 0 aromatic carbocycles. The van der Waals surface area contributed by atoms with Crippen LogP contribution in [0.1, 0.15) is 0 Å². The summed E-state index contributed by atoms with van der Waals surface area (Å²) >= 11 is 3.25. The molecule has 2 aliphatic heterocycles. The molecule has 0 atom stereocenters. The first-order valence-electron chi connectivity index (χ1n) is 3.64. The summed E-state index contributed by atoms with van der Waals surface area (Å²) in [6.45, 7) is 1.83. The Hall–Kier alpha value is -0.360. The highest BCUT2D eigenvalue weighted by Crippen LogP contribution is 2.05. The largest absolute Gasteiger partial charge is 0.379 e. The molecule has 0 saturated carbocycles. The van der Waals surface area contributed by atoms with Crippen molar-refractivity contribution in [2.45, 2.75) is 0 Å². The third-order valence-electron chi connectivity index (χ3n) is 1.22. The van der Waals surface area contributed by atoms with Gasteiger partial charge in [0.1, 0.15) is 0 Å². The molecule has 2 heterocycles. The Morgan fingerprint density at radius 3 is 1.42 bits per heavy atom. The van der Waals surface area contributed by atoms with E-state index in [1.807, 2.05) is 0 Å². The maximum absolute atomic E-state index is 5.25. The predicted molar refractivity (Wildman–Crippen MR) is 57.9 cm³/mol. The van der Waals surface area contributed by atoms with Gasteiger partial charge in [-0.2, -0.15) is 0 Å². The molecule has 0 radical (unpaired) electrons. The Kier molecular flexibility index (Phi) is 4.31. The van der Waals surface area contributed by atoms with Crippen molar-refractivity contribution < 1.29 is 0 Å². The van der Waals surface area contributed by atoms with Gasteiger partial charge in [0.15, 0.2) is 10.3 Å². The summed E-state index contributed by atoms with van der Waals surface area (Å²) in [6.07, 6.45) is 0. The SMILES string of the molecule is NC1=NCCS1.NC1=NCCS1. The average molecular weight is 204 g/mol. The first-order chi connectivity index (χ1) is 5.79. The van der Waals surface area contributed by atoms with Gasteiger partial charge in [0.2, 0.25) is 0 Å². The second-order valence-electron chi connectivity index (χ2n) is 2.14. The van der Waals surface area contributed by atoms with Gasteiger partial charge >= 0.3 is 0 Å². The lowest BCUT2D eigenvalue weighted by molar-refractivity contribution is 1.17. The van der Waals surface area contributed by atoms with Gasteiger partial charge in [0, 0.05) is 11.5 Å². The summed E-state index contributed by atoms with van der Waals surface area (Å²) in [6, 6.07) is 0. The van der Waals surface area contributed by atoms with Crippen molar-refractivity contribution in [3.05, 3.63) is 0 Å². The zero-order valence-electron chi connectivity index (χ0n) is 6.69. The molecule has 68 valence electrons. The molecule has 0 fully saturated rings. The van der Waals surface area contributed by atoms with Crippen LogP contribution in [0.4, 0.5) is 0 Å². The standard InChI is InChI=1S/2C3H6N2S/c2*4-3-5-1-2-6-3/h2*1-2H2,(H2,4,5). The molecule has 6 heteroatoms. The van der Waals surface area contributed by atoms with Gasteiger partial charge in [0.25, 0.3) is 0 Å². The Morgan fingerprint density at radius 1 is 0.917 bits per heavy atom. The average Bonchev–Trinajstić information content (AvgIpc) is 2.63. The zero-order valence-corrected chi connectivity index (χ0v) is 8.33. The Labute approximate surface area is 80.3 Å². The summed E-state index contributed by atoms with van der Waals surface area (Å²) in [5.41, 5.74) is 10.5. The third-order valence-corrected chi connectivity index (χ3v) is 2.84. The number of hydrogen-bond acceptors (Lipinski definition) is 6. The van der Waals surface area contributed by atoms with Gasteiger partial charge in [-0.05, 0) is 0 Å². The molecule has 0 spiro atoms. The van der Waals surface area contributed by atoms with Gasteiger partial charge in [0.05, 0.1) is 13.1 Å². The van der Waals surface area contributed by atoms with E-state index in [9.17, 15) is 0 Å². The van der Waals surface area contributed by atoms with Crippen molar-refractivity contribution in [2.24, 2.45) is 21.5 Å². The molecule has 12 heavy (non-hydrogen) atoms. The minimum absolute atomic E-state index is 0.745. The predicted octanol–water partition coefficient (Wildman–Crippen LogP) is 0.0958. The van der Waals surface area contributed by atoms with Crippen LogP contribution in [0, 0.1) is 0 Å². The minimum Gasteiger partial charge on any atom is -0.379 e. The van der Waals surface area contributed by atoms with E-state index in [1.54, 1.807) is 23.5 Å². The Bertz CT molecular complexity index is 180. The van der Waals surface area contributed by atoms with Crippen LogP contribution in [0.15, 0.2) is 9.98 Å². The van der Waals surface area contributed by atoms with Crippen molar-refractivity contribution >= 4 is 33.9 Å². The lowest BCUT2D eigenvalue weighted by Gasteiger charge is -1.78. The molecule has 4 N–H and O–H groups in total. The molecular formula is C6H12N4S2. The van der Waals surface area contributed by atoms with Crippen molar-refractivity contribution in [3.8, 4) is 0 Å². The smallest absolute Gasteiger partial charge is 0.153 e. The number of aliphatic imine (C=N–C) groups is 2. The zero-order chi connectivity index (χ0) is 8.81. The highest BCUT2D eigenvalue weighted by Gasteiger charge is 1.98. The van der Waals surface area contributed by atoms with E-state index in [1.165, 1.54) is 0 Å². The van der Waals surface area contributed by atoms with Crippen LogP contribution in [-0.2, 0) is 0 Å². The van der Waals surface area contributed by atoms with E-state index in [0.29, 0.717) is 0 Å². The molecule has 0 amide bonds. The van der Waals surface area contributed by atoms with Gasteiger partial charge in [-0.3, -0.25) is 9.98 Å². The van der Waals surface area contributed by atoms with E-state index in [-0.39, 0.29) is 0 Å². The van der Waals surface area contributed by atoms with E-state index in [0.717, 1.165) is 34.9 Å². The molecule has 2 rings (SSSR count). The second-order valence-corrected chi connectivity index (χ2v) is 4.37. The van der Waals surface area contributed by atoms with Gasteiger partial charge in [-0.25, -0.2) is 0 Å². The monoisotopic (exact) mass is 204 g/mol. The van der Waals surface area contributed by atoms with E-state index in [4.69, 9.17) is 11.5 Å². The molecule has 0 aliphatic carbocycles. The topological polar surface area (TPSA) is 76.8 Å². The molecule has 0 saturated heterocycles. The number of nitrogens with zero attached hydrogens (tertiary/aromatic N) is 2. The van der Waals surface area contributed by atoms with E-state index < -0.39 is 0 Å². The van der Waals surface area contributed by atoms with Gasteiger partial charge < -0.3 is 11.5 Å². The quantitative estimate of drug-likeness (QED) is 0.586. The van der Waals surface area contributed by atoms with Crippen molar-refractivity contribution in [1.29, 1.82) is 0 Å². The lowest BCUT2D eigenvalue weighted by atomic mass is 10.8. The highest BCUT2D eigenvalue weighted by atomic mass is 32.2. The number of hydrogen-bond donors (Lipinski definition) is 2. The molecule has 0 aromatic heterocycles. The minimum atomic E-state index is 0.745. The van der Waals surface area contributed by atoms with Crippen molar-refractivity contribution in [1.82, 2.24) is 0 Å². The van der Waals surface area contributed by atoms with E-state index >= 15 is 0 Å². The fraction of sp³-hybridized carbons (Fsp3) is 0.667. The van der Waals surface area contributed by atoms with Crippen LogP contribution in [0.5, 0.6) is 0 Å². The summed E-state index contributed by atoms with van der Waals surface area (Å²) in [5, 5.41) is 1.49. The van der Waals surface area contributed by atoms with Crippen LogP contribution in [0.3, 0.4) is 0 Å². The summed E-state index contributed by atoms with van der Waals surface area (Å²) in [7, 11) is 0. The number of nitrogens with two attached hydrogens (primary N) is 2. The third kappa shape index (κ3) is 3.87. The summed E-state index contributed by atoms with van der Waals surface area (Å²) in [4.78, 5) is 7.79. The van der Waals surface area contributed by atoms with E-state index in [2.05, 4.69) is 9.98 Å². The normalized spacial score (nSPS) is 21.0. The Morgan fingerprint density at radius 2 is 1.33 bits per heavy atom. The van der Waals surface area contributed by atoms with Crippen LogP contribution in [0.2, 0.25) is 0 Å².